The van der Waals surface area contributed by atoms with E-state index in [2.05, 4.69) is 22.0 Å². The molecule has 5 heteroatoms. The van der Waals surface area contributed by atoms with Gasteiger partial charge >= 0.3 is 0 Å². The highest BCUT2D eigenvalue weighted by Crippen LogP contribution is 2.36. The van der Waals surface area contributed by atoms with Gasteiger partial charge in [-0.2, -0.15) is 10.5 Å². The fraction of sp³-hybridized carbons (Fsp3) is 0.111. The fourth-order valence-electron chi connectivity index (χ4n) is 2.01. The van der Waals surface area contributed by atoms with Crippen LogP contribution in [0.4, 0.5) is 0 Å². The zero-order valence-corrected chi connectivity index (χ0v) is 14.0. The van der Waals surface area contributed by atoms with Gasteiger partial charge in [0.05, 0.1) is 34.4 Å². The van der Waals surface area contributed by atoms with Crippen LogP contribution in [0.3, 0.4) is 0 Å². The smallest absolute Gasteiger partial charge is 0.172 e. The summed E-state index contributed by atoms with van der Waals surface area (Å²) in [7, 11) is 0. The molecule has 2 rings (SSSR count). The van der Waals surface area contributed by atoms with E-state index in [1.807, 2.05) is 13.0 Å². The number of allylic oxidation sites excluding steroid dienone is 1. The molecule has 114 valence electrons. The SMILES string of the molecule is CCOc1cc(/C=C(/C#N)c2ccc(C#N)cc2)cc(Br)c1O. The van der Waals surface area contributed by atoms with Crippen molar-refractivity contribution in [1.82, 2.24) is 0 Å². The summed E-state index contributed by atoms with van der Waals surface area (Å²) in [5, 5.41) is 28.1. The third kappa shape index (κ3) is 3.91. The Morgan fingerprint density at radius 1 is 1.26 bits per heavy atom. The molecule has 0 aliphatic carbocycles. The summed E-state index contributed by atoms with van der Waals surface area (Å²) >= 11 is 3.28. The van der Waals surface area contributed by atoms with Crippen molar-refractivity contribution in [3.05, 3.63) is 57.6 Å². The van der Waals surface area contributed by atoms with Crippen LogP contribution in [-0.2, 0) is 0 Å². The molecular formula is C18H13BrN2O2. The minimum Gasteiger partial charge on any atom is -0.503 e. The van der Waals surface area contributed by atoms with Gasteiger partial charge in [-0.1, -0.05) is 12.1 Å². The number of aromatic hydroxyl groups is 1. The summed E-state index contributed by atoms with van der Waals surface area (Å²) in [6.07, 6.45) is 1.70. The van der Waals surface area contributed by atoms with Crippen LogP contribution < -0.4 is 4.74 Å². The lowest BCUT2D eigenvalue weighted by Crippen LogP contribution is -1.93. The summed E-state index contributed by atoms with van der Waals surface area (Å²) in [4.78, 5) is 0. The third-order valence-corrected chi connectivity index (χ3v) is 3.71. The van der Waals surface area contributed by atoms with Gasteiger partial charge in [-0.25, -0.2) is 0 Å². The maximum absolute atomic E-state index is 9.93. The Bertz CT molecular complexity index is 828. The number of hydrogen-bond donors (Lipinski definition) is 1. The highest BCUT2D eigenvalue weighted by Gasteiger charge is 2.09. The van der Waals surface area contributed by atoms with Crippen LogP contribution >= 0.6 is 15.9 Å². The second-order valence-corrected chi connectivity index (χ2v) is 5.50. The Balaban J connectivity index is 2.45. The van der Waals surface area contributed by atoms with Crippen molar-refractivity contribution in [3.8, 4) is 23.6 Å². The first-order valence-corrected chi connectivity index (χ1v) is 7.66. The van der Waals surface area contributed by atoms with Gasteiger partial charge in [0.15, 0.2) is 11.5 Å². The molecule has 2 aromatic rings. The molecule has 0 amide bonds. The molecule has 4 nitrogen and oxygen atoms in total. The highest BCUT2D eigenvalue weighted by molar-refractivity contribution is 9.10. The number of rotatable bonds is 4. The summed E-state index contributed by atoms with van der Waals surface area (Å²) in [6, 6.07) is 14.4. The largest absolute Gasteiger partial charge is 0.503 e. The van der Waals surface area contributed by atoms with Crippen molar-refractivity contribution in [1.29, 1.82) is 10.5 Å². The molecule has 0 aliphatic heterocycles. The molecule has 0 radical (unpaired) electrons. The first-order valence-electron chi connectivity index (χ1n) is 6.86. The van der Waals surface area contributed by atoms with Gasteiger partial charge in [-0.15, -0.1) is 0 Å². The molecule has 0 aromatic heterocycles. The predicted octanol–water partition coefficient (Wildman–Crippen LogP) is 4.49. The summed E-state index contributed by atoms with van der Waals surface area (Å²) in [5.41, 5.74) is 2.43. The van der Waals surface area contributed by atoms with E-state index in [1.165, 1.54) is 0 Å². The standard InChI is InChI=1S/C18H13BrN2O2/c1-2-23-17-9-13(8-16(19)18(17)22)7-15(11-21)14-5-3-12(10-20)4-6-14/h3-9,22H,2H2,1H3/b15-7-. The molecule has 0 saturated heterocycles. The van der Waals surface area contributed by atoms with Gasteiger partial charge in [0.25, 0.3) is 0 Å². The van der Waals surface area contributed by atoms with E-state index >= 15 is 0 Å². The molecule has 0 atom stereocenters. The van der Waals surface area contributed by atoms with E-state index < -0.39 is 0 Å². The average Bonchev–Trinajstić information content (AvgIpc) is 2.57. The average molecular weight is 369 g/mol. The van der Waals surface area contributed by atoms with Crippen LogP contribution in [0.25, 0.3) is 11.6 Å². The van der Waals surface area contributed by atoms with Gasteiger partial charge in [0.2, 0.25) is 0 Å². The second-order valence-electron chi connectivity index (χ2n) is 4.64. The molecule has 0 bridgehead atoms. The number of nitriles is 2. The Kier molecular flexibility index (Phi) is 5.41. The van der Waals surface area contributed by atoms with Crippen molar-refractivity contribution < 1.29 is 9.84 Å². The number of nitrogens with zero attached hydrogens (tertiary/aromatic N) is 2. The Labute approximate surface area is 143 Å². The minimum atomic E-state index is 0.0286. The normalized spacial score (nSPS) is 10.7. The number of halogens is 1. The van der Waals surface area contributed by atoms with Crippen molar-refractivity contribution in [3.63, 3.8) is 0 Å². The maximum Gasteiger partial charge on any atom is 0.172 e. The first-order chi connectivity index (χ1) is 11.1. The zero-order chi connectivity index (χ0) is 16.8. The molecule has 23 heavy (non-hydrogen) atoms. The summed E-state index contributed by atoms with van der Waals surface area (Å²) < 4.78 is 5.87. The third-order valence-electron chi connectivity index (χ3n) is 3.11. The summed E-state index contributed by atoms with van der Waals surface area (Å²) in [5.74, 6) is 0.381. The van der Waals surface area contributed by atoms with Gasteiger partial charge in [-0.3, -0.25) is 0 Å². The van der Waals surface area contributed by atoms with Gasteiger partial charge in [0.1, 0.15) is 0 Å². The molecule has 0 unspecified atom stereocenters. The fourth-order valence-corrected chi connectivity index (χ4v) is 2.47. The van der Waals surface area contributed by atoms with Crippen molar-refractivity contribution in [2.24, 2.45) is 0 Å². The lowest BCUT2D eigenvalue weighted by atomic mass is 10.0. The Hall–Kier alpha value is -2.76. The van der Waals surface area contributed by atoms with Crippen LogP contribution in [0.15, 0.2) is 40.9 Å². The maximum atomic E-state index is 9.93. The lowest BCUT2D eigenvalue weighted by Gasteiger charge is -2.09. The van der Waals surface area contributed by atoms with E-state index in [4.69, 9.17) is 10.00 Å². The van der Waals surface area contributed by atoms with Crippen molar-refractivity contribution in [2.45, 2.75) is 6.92 Å². The quantitative estimate of drug-likeness (QED) is 0.636. The van der Waals surface area contributed by atoms with Gasteiger partial charge < -0.3 is 9.84 Å². The Morgan fingerprint density at radius 3 is 2.52 bits per heavy atom. The molecule has 2 aromatic carbocycles. The van der Waals surface area contributed by atoms with Crippen LogP contribution in [0, 0.1) is 22.7 Å². The molecule has 0 fully saturated rings. The summed E-state index contributed by atoms with van der Waals surface area (Å²) in [6.45, 7) is 2.25. The van der Waals surface area contributed by atoms with Crippen LogP contribution in [0.2, 0.25) is 0 Å². The number of hydrogen-bond acceptors (Lipinski definition) is 4. The van der Waals surface area contributed by atoms with Gasteiger partial charge in [0, 0.05) is 0 Å². The number of ether oxygens (including phenoxy) is 1. The monoisotopic (exact) mass is 368 g/mol. The zero-order valence-electron chi connectivity index (χ0n) is 12.4. The van der Waals surface area contributed by atoms with Crippen LogP contribution in [0.1, 0.15) is 23.6 Å². The van der Waals surface area contributed by atoms with Crippen LogP contribution in [-0.4, -0.2) is 11.7 Å². The van der Waals surface area contributed by atoms with Gasteiger partial charge in [-0.05, 0) is 64.3 Å². The molecule has 0 aliphatic rings. The van der Waals surface area contributed by atoms with Crippen molar-refractivity contribution in [2.75, 3.05) is 6.61 Å². The lowest BCUT2D eigenvalue weighted by molar-refractivity contribution is 0.317. The topological polar surface area (TPSA) is 77.0 Å². The first kappa shape index (κ1) is 16.6. The van der Waals surface area contributed by atoms with Crippen LogP contribution in [0.5, 0.6) is 11.5 Å². The van der Waals surface area contributed by atoms with E-state index in [0.717, 1.165) is 5.56 Å². The number of phenolic OH excluding ortho intramolecular Hbond substituents is 1. The van der Waals surface area contributed by atoms with E-state index in [0.29, 0.717) is 33.5 Å². The molecular weight excluding hydrogens is 356 g/mol. The molecule has 0 saturated carbocycles. The highest BCUT2D eigenvalue weighted by atomic mass is 79.9. The van der Waals surface area contributed by atoms with E-state index in [-0.39, 0.29) is 5.75 Å². The van der Waals surface area contributed by atoms with Crippen molar-refractivity contribution >= 4 is 27.6 Å². The van der Waals surface area contributed by atoms with E-state index in [9.17, 15) is 10.4 Å². The van der Waals surface area contributed by atoms with E-state index in [1.54, 1.807) is 42.5 Å². The molecule has 1 N–H and O–H groups in total. The molecule has 0 spiro atoms. The molecule has 0 heterocycles. The number of benzene rings is 2. The second kappa shape index (κ2) is 7.49. The minimum absolute atomic E-state index is 0.0286. The predicted molar refractivity (Wildman–Crippen MR) is 91.6 cm³/mol. The number of phenols is 1. The Morgan fingerprint density at radius 2 is 1.96 bits per heavy atom.